The summed E-state index contributed by atoms with van der Waals surface area (Å²) in [5.74, 6) is 0.00153. The Bertz CT molecular complexity index is 1410. The molecular formula is C29H29N5O2S. The van der Waals surface area contributed by atoms with Gasteiger partial charge in [-0.25, -0.2) is 9.69 Å². The number of morpholine rings is 1. The van der Waals surface area contributed by atoms with Gasteiger partial charge >= 0.3 is 0 Å². The second-order valence-electron chi connectivity index (χ2n) is 9.40. The van der Waals surface area contributed by atoms with Crippen LogP contribution >= 0.6 is 11.3 Å². The minimum absolute atomic E-state index is 0.00153. The largest absolute Gasteiger partial charge is 0.379 e. The summed E-state index contributed by atoms with van der Waals surface area (Å²) in [6, 6.07) is 22.3. The third kappa shape index (κ3) is 4.87. The monoisotopic (exact) mass is 511 g/mol. The molecule has 0 N–H and O–H groups in total. The normalized spacial score (nSPS) is 18.2. The van der Waals surface area contributed by atoms with E-state index >= 15 is 0 Å². The molecule has 0 aliphatic carbocycles. The van der Waals surface area contributed by atoms with Gasteiger partial charge < -0.3 is 4.74 Å². The molecule has 0 spiro atoms. The van der Waals surface area contributed by atoms with E-state index < -0.39 is 0 Å². The van der Waals surface area contributed by atoms with Gasteiger partial charge in [0.15, 0.2) is 0 Å². The van der Waals surface area contributed by atoms with E-state index in [0.29, 0.717) is 26.2 Å². The summed E-state index contributed by atoms with van der Waals surface area (Å²) in [5.41, 5.74) is 6.02. The van der Waals surface area contributed by atoms with E-state index in [2.05, 4.69) is 41.6 Å². The summed E-state index contributed by atoms with van der Waals surface area (Å²) in [4.78, 5) is 17.0. The molecule has 8 heteroatoms. The number of carbonyl (C=O) groups is 1. The number of nitrogens with zero attached hydrogens (tertiary/aromatic N) is 5. The van der Waals surface area contributed by atoms with Gasteiger partial charge in [-0.05, 0) is 36.1 Å². The first-order valence-corrected chi connectivity index (χ1v) is 13.5. The van der Waals surface area contributed by atoms with Crippen LogP contribution in [-0.2, 0) is 9.53 Å². The molecule has 2 aromatic heterocycles. The molecule has 2 aliphatic rings. The number of para-hydroxylation sites is 1. The molecule has 188 valence electrons. The second kappa shape index (κ2) is 10.4. The summed E-state index contributed by atoms with van der Waals surface area (Å²) in [5, 5.41) is 13.7. The van der Waals surface area contributed by atoms with Crippen LogP contribution < -0.4 is 0 Å². The van der Waals surface area contributed by atoms with Gasteiger partial charge in [-0.2, -0.15) is 10.2 Å². The summed E-state index contributed by atoms with van der Waals surface area (Å²) >= 11 is 1.66. The van der Waals surface area contributed by atoms with Crippen LogP contribution in [0.2, 0.25) is 0 Å². The van der Waals surface area contributed by atoms with Gasteiger partial charge in [0.05, 0.1) is 47.8 Å². The van der Waals surface area contributed by atoms with Crippen LogP contribution in [0, 0.1) is 6.92 Å². The van der Waals surface area contributed by atoms with Crippen molar-refractivity contribution in [2.45, 2.75) is 19.4 Å². The van der Waals surface area contributed by atoms with Crippen LogP contribution in [0.4, 0.5) is 0 Å². The van der Waals surface area contributed by atoms with Crippen molar-refractivity contribution in [1.82, 2.24) is 19.7 Å². The average molecular weight is 512 g/mol. The van der Waals surface area contributed by atoms with Gasteiger partial charge in [-0.3, -0.25) is 9.69 Å². The number of carbonyl (C=O) groups excluding carboxylic acids is 1. The Kier molecular flexibility index (Phi) is 6.70. The highest BCUT2D eigenvalue weighted by Crippen LogP contribution is 2.39. The second-order valence-corrected chi connectivity index (χ2v) is 10.3. The lowest BCUT2D eigenvalue weighted by molar-refractivity contribution is -0.135. The topological polar surface area (TPSA) is 63.0 Å². The number of hydrazone groups is 1. The third-order valence-corrected chi connectivity index (χ3v) is 7.88. The lowest BCUT2D eigenvalue weighted by Gasteiger charge is -2.29. The van der Waals surface area contributed by atoms with Gasteiger partial charge in [-0.15, -0.1) is 11.3 Å². The lowest BCUT2D eigenvalue weighted by atomic mass is 9.96. The molecule has 1 atom stereocenters. The van der Waals surface area contributed by atoms with Gasteiger partial charge in [0, 0.05) is 36.8 Å². The summed E-state index contributed by atoms with van der Waals surface area (Å²) < 4.78 is 7.40. The van der Waals surface area contributed by atoms with Gasteiger partial charge in [0.1, 0.15) is 0 Å². The Morgan fingerprint density at radius 2 is 1.81 bits per heavy atom. The maximum absolute atomic E-state index is 13.7. The number of hydrogen-bond acceptors (Lipinski definition) is 6. The molecule has 1 saturated heterocycles. The van der Waals surface area contributed by atoms with Crippen molar-refractivity contribution < 1.29 is 9.53 Å². The maximum atomic E-state index is 13.7. The minimum Gasteiger partial charge on any atom is -0.379 e. The number of rotatable bonds is 6. The van der Waals surface area contributed by atoms with Gasteiger partial charge in [0.2, 0.25) is 0 Å². The molecule has 4 aromatic rings. The van der Waals surface area contributed by atoms with Crippen LogP contribution in [-0.4, -0.2) is 64.2 Å². The number of benzene rings is 2. The summed E-state index contributed by atoms with van der Waals surface area (Å²) in [6.07, 6.45) is 2.72. The zero-order valence-corrected chi connectivity index (χ0v) is 21.6. The van der Waals surface area contributed by atoms with Crippen molar-refractivity contribution in [2.24, 2.45) is 5.10 Å². The number of aryl methyl sites for hydroxylation is 1. The summed E-state index contributed by atoms with van der Waals surface area (Å²) in [7, 11) is 0. The fourth-order valence-electron chi connectivity index (χ4n) is 4.99. The Morgan fingerprint density at radius 3 is 2.57 bits per heavy atom. The number of thiophene rings is 1. The van der Waals surface area contributed by atoms with Crippen LogP contribution in [0.25, 0.3) is 16.9 Å². The molecule has 1 amide bonds. The molecule has 0 saturated carbocycles. The Hall–Kier alpha value is -3.59. The van der Waals surface area contributed by atoms with E-state index in [0.717, 1.165) is 51.8 Å². The van der Waals surface area contributed by atoms with E-state index in [1.54, 1.807) is 16.3 Å². The number of aromatic nitrogens is 2. The highest BCUT2D eigenvalue weighted by Gasteiger charge is 2.37. The van der Waals surface area contributed by atoms with E-state index in [-0.39, 0.29) is 11.9 Å². The standard InChI is InChI=1S/C29H29N5O2S/c1-21-8-5-6-11-23(21)29-24(19-33(31-29)22-9-3-2-4-10-22)26-18-25(27-12-7-17-37-27)30-34(26)28(35)20-32-13-15-36-16-14-32/h2-12,17,19,26H,13-16,18,20H2,1H3. The first-order chi connectivity index (χ1) is 18.2. The molecular weight excluding hydrogens is 482 g/mol. The molecule has 7 nitrogen and oxygen atoms in total. The third-order valence-electron chi connectivity index (χ3n) is 6.96. The number of ether oxygens (including phenoxy) is 1. The first kappa shape index (κ1) is 23.8. The smallest absolute Gasteiger partial charge is 0.257 e. The Labute approximate surface area is 220 Å². The van der Waals surface area contributed by atoms with Crippen molar-refractivity contribution in [1.29, 1.82) is 0 Å². The van der Waals surface area contributed by atoms with E-state index in [9.17, 15) is 4.79 Å². The molecule has 6 rings (SSSR count). The predicted molar refractivity (Wildman–Crippen MR) is 146 cm³/mol. The SMILES string of the molecule is Cc1ccccc1-c1nn(-c2ccccc2)cc1C1CC(c2cccs2)=NN1C(=O)CN1CCOCC1. The predicted octanol–water partition coefficient (Wildman–Crippen LogP) is 4.92. The van der Waals surface area contributed by atoms with Crippen LogP contribution in [0.3, 0.4) is 0 Å². The van der Waals surface area contributed by atoms with E-state index in [1.807, 2.05) is 53.2 Å². The van der Waals surface area contributed by atoms with Crippen molar-refractivity contribution in [2.75, 3.05) is 32.8 Å². The molecule has 4 heterocycles. The number of amides is 1. The van der Waals surface area contributed by atoms with Crippen molar-refractivity contribution >= 4 is 23.0 Å². The fraction of sp³-hybridized carbons (Fsp3) is 0.276. The molecule has 2 aliphatic heterocycles. The minimum atomic E-state index is -0.238. The highest BCUT2D eigenvalue weighted by atomic mass is 32.1. The zero-order valence-electron chi connectivity index (χ0n) is 20.8. The van der Waals surface area contributed by atoms with Crippen molar-refractivity contribution in [3.63, 3.8) is 0 Å². The van der Waals surface area contributed by atoms with Gasteiger partial charge in [-0.1, -0.05) is 48.5 Å². The van der Waals surface area contributed by atoms with E-state index in [1.165, 1.54) is 0 Å². The van der Waals surface area contributed by atoms with Crippen molar-refractivity contribution in [3.8, 4) is 16.9 Å². The summed E-state index contributed by atoms with van der Waals surface area (Å²) in [6.45, 7) is 5.25. The quantitative estimate of drug-likeness (QED) is 0.369. The van der Waals surface area contributed by atoms with Crippen molar-refractivity contribution in [3.05, 3.63) is 94.3 Å². The molecule has 2 aromatic carbocycles. The first-order valence-electron chi connectivity index (χ1n) is 12.6. The van der Waals surface area contributed by atoms with E-state index in [4.69, 9.17) is 14.9 Å². The lowest BCUT2D eigenvalue weighted by Crippen LogP contribution is -2.43. The Morgan fingerprint density at radius 1 is 1.03 bits per heavy atom. The molecule has 1 fully saturated rings. The molecule has 37 heavy (non-hydrogen) atoms. The maximum Gasteiger partial charge on any atom is 0.257 e. The number of hydrogen-bond donors (Lipinski definition) is 0. The highest BCUT2D eigenvalue weighted by molar-refractivity contribution is 7.12. The molecule has 1 unspecified atom stereocenters. The molecule has 0 radical (unpaired) electrons. The van der Waals surface area contributed by atoms with Crippen LogP contribution in [0.1, 0.15) is 28.5 Å². The fourth-order valence-corrected chi connectivity index (χ4v) is 5.71. The zero-order chi connectivity index (χ0) is 25.2. The van der Waals surface area contributed by atoms with Crippen LogP contribution in [0.5, 0.6) is 0 Å². The molecule has 0 bridgehead atoms. The average Bonchev–Trinajstić information content (AvgIpc) is 3.70. The Balaban J connectivity index is 1.42. The van der Waals surface area contributed by atoms with Crippen LogP contribution in [0.15, 0.2) is 83.4 Å². The van der Waals surface area contributed by atoms with Gasteiger partial charge in [0.25, 0.3) is 5.91 Å².